The minimum absolute atomic E-state index is 0.418. The van der Waals surface area contributed by atoms with Crippen molar-refractivity contribution in [2.75, 3.05) is 31.6 Å². The molecule has 2 fully saturated rings. The van der Waals surface area contributed by atoms with Gasteiger partial charge >= 0.3 is 0 Å². The quantitative estimate of drug-likeness (QED) is 0.428. The van der Waals surface area contributed by atoms with Gasteiger partial charge in [-0.3, -0.25) is 14.9 Å². The van der Waals surface area contributed by atoms with Gasteiger partial charge in [0.2, 0.25) is 0 Å². The van der Waals surface area contributed by atoms with Crippen LogP contribution in [0.25, 0.3) is 6.08 Å². The van der Waals surface area contributed by atoms with E-state index in [1.807, 2.05) is 12.1 Å². The van der Waals surface area contributed by atoms with Crippen LogP contribution >= 0.6 is 0 Å². The maximum Gasteiger partial charge on any atom is 0.267 e. The van der Waals surface area contributed by atoms with Crippen LogP contribution in [0.5, 0.6) is 0 Å². The smallest absolute Gasteiger partial charge is 0.267 e. The SMILES string of the molecule is O=C(C=Cc1ccc(N[C@@H]2CCN(C3CCOCC3)C2)nc1)NO. The Kier molecular flexibility index (Phi) is 5.79. The third-order valence-corrected chi connectivity index (χ3v) is 4.60. The van der Waals surface area contributed by atoms with Gasteiger partial charge in [-0.25, -0.2) is 10.5 Å². The highest BCUT2D eigenvalue weighted by Crippen LogP contribution is 2.22. The highest BCUT2D eigenvalue weighted by molar-refractivity contribution is 5.90. The van der Waals surface area contributed by atoms with Crippen molar-refractivity contribution in [1.29, 1.82) is 0 Å². The molecule has 0 aliphatic carbocycles. The van der Waals surface area contributed by atoms with Gasteiger partial charge < -0.3 is 10.1 Å². The normalized spacial score (nSPS) is 22.8. The summed E-state index contributed by atoms with van der Waals surface area (Å²) in [6.07, 6.45) is 7.95. The first-order chi connectivity index (χ1) is 11.7. The monoisotopic (exact) mass is 332 g/mol. The van der Waals surface area contributed by atoms with Crippen molar-refractivity contribution >= 4 is 17.8 Å². The van der Waals surface area contributed by atoms with Gasteiger partial charge in [0.1, 0.15) is 5.82 Å². The van der Waals surface area contributed by atoms with Crippen LogP contribution in [-0.4, -0.2) is 59.4 Å². The lowest BCUT2D eigenvalue weighted by atomic mass is 10.1. The molecular weight excluding hydrogens is 308 g/mol. The van der Waals surface area contributed by atoms with Crippen LogP contribution in [0.2, 0.25) is 0 Å². The molecule has 0 bridgehead atoms. The second-order valence-electron chi connectivity index (χ2n) is 6.25. The fraction of sp³-hybridized carbons (Fsp3) is 0.529. The summed E-state index contributed by atoms with van der Waals surface area (Å²) in [6.45, 7) is 3.93. The van der Waals surface area contributed by atoms with Crippen LogP contribution in [0.4, 0.5) is 5.82 Å². The van der Waals surface area contributed by atoms with E-state index in [-0.39, 0.29) is 0 Å². The first-order valence-electron chi connectivity index (χ1n) is 8.41. The number of amides is 1. The lowest BCUT2D eigenvalue weighted by Crippen LogP contribution is -2.39. The molecule has 0 spiro atoms. The minimum Gasteiger partial charge on any atom is -0.381 e. The Morgan fingerprint density at radius 1 is 1.33 bits per heavy atom. The summed E-state index contributed by atoms with van der Waals surface area (Å²) in [7, 11) is 0. The molecule has 0 saturated carbocycles. The van der Waals surface area contributed by atoms with Crippen LogP contribution in [0.1, 0.15) is 24.8 Å². The standard InChI is InChI=1S/C17H24N4O3/c22-17(20-23)4-2-13-1-3-16(18-11-13)19-14-5-8-21(12-14)15-6-9-24-10-7-15/h1-4,11,14-15,23H,5-10,12H2,(H,18,19)(H,20,22)/t14-/m1/s1. The zero-order valence-electron chi connectivity index (χ0n) is 13.6. The summed E-state index contributed by atoms with van der Waals surface area (Å²) in [5, 5.41) is 11.9. The van der Waals surface area contributed by atoms with E-state index in [4.69, 9.17) is 9.94 Å². The molecule has 24 heavy (non-hydrogen) atoms. The molecule has 2 aliphatic rings. The third-order valence-electron chi connectivity index (χ3n) is 4.60. The number of carbonyl (C=O) groups is 1. The molecule has 7 nitrogen and oxygen atoms in total. The van der Waals surface area contributed by atoms with Crippen molar-refractivity contribution in [3.63, 3.8) is 0 Å². The summed E-state index contributed by atoms with van der Waals surface area (Å²) in [5.41, 5.74) is 2.36. The molecular formula is C17H24N4O3. The van der Waals surface area contributed by atoms with Gasteiger partial charge in [-0.2, -0.15) is 0 Å². The fourth-order valence-corrected chi connectivity index (χ4v) is 3.29. The van der Waals surface area contributed by atoms with Crippen LogP contribution < -0.4 is 10.8 Å². The predicted molar refractivity (Wildman–Crippen MR) is 90.6 cm³/mol. The van der Waals surface area contributed by atoms with Crippen LogP contribution in [-0.2, 0) is 9.53 Å². The number of aromatic nitrogens is 1. The molecule has 1 aromatic rings. The Bertz CT molecular complexity index is 570. The molecule has 3 rings (SSSR count). The Morgan fingerprint density at radius 3 is 2.88 bits per heavy atom. The largest absolute Gasteiger partial charge is 0.381 e. The second-order valence-corrected chi connectivity index (χ2v) is 6.25. The molecule has 0 radical (unpaired) electrons. The lowest BCUT2D eigenvalue weighted by Gasteiger charge is -2.31. The van der Waals surface area contributed by atoms with E-state index in [0.717, 1.165) is 56.9 Å². The highest BCUT2D eigenvalue weighted by Gasteiger charge is 2.29. The molecule has 3 heterocycles. The van der Waals surface area contributed by atoms with E-state index in [0.29, 0.717) is 12.1 Å². The average Bonchev–Trinajstić information content (AvgIpc) is 3.10. The van der Waals surface area contributed by atoms with Crippen molar-refractivity contribution in [2.45, 2.75) is 31.3 Å². The topological polar surface area (TPSA) is 86.7 Å². The number of ether oxygens (including phenoxy) is 1. The third kappa shape index (κ3) is 4.53. The number of likely N-dealkylation sites (tertiary alicyclic amines) is 1. The number of carbonyl (C=O) groups excluding carboxylic acids is 1. The number of nitrogens with one attached hydrogen (secondary N) is 2. The summed E-state index contributed by atoms with van der Waals surface area (Å²) >= 11 is 0. The molecule has 7 heteroatoms. The molecule has 2 aliphatic heterocycles. The zero-order chi connectivity index (χ0) is 16.8. The van der Waals surface area contributed by atoms with Crippen LogP contribution in [0, 0.1) is 0 Å². The average molecular weight is 332 g/mol. The zero-order valence-corrected chi connectivity index (χ0v) is 13.6. The van der Waals surface area contributed by atoms with Crippen molar-refractivity contribution in [3.05, 3.63) is 30.0 Å². The van der Waals surface area contributed by atoms with E-state index in [1.54, 1.807) is 17.8 Å². The Morgan fingerprint density at radius 2 is 2.17 bits per heavy atom. The van der Waals surface area contributed by atoms with E-state index in [2.05, 4.69) is 15.2 Å². The molecule has 3 N–H and O–H groups in total. The first-order valence-corrected chi connectivity index (χ1v) is 8.41. The Hall–Kier alpha value is -1.96. The second kappa shape index (κ2) is 8.23. The number of nitrogens with zero attached hydrogens (tertiary/aromatic N) is 2. The van der Waals surface area contributed by atoms with Gasteiger partial charge in [-0.15, -0.1) is 0 Å². The summed E-state index contributed by atoms with van der Waals surface area (Å²) in [5.74, 6) is 0.286. The summed E-state index contributed by atoms with van der Waals surface area (Å²) in [6, 6.07) is 4.88. The van der Waals surface area contributed by atoms with Crippen LogP contribution in [0.15, 0.2) is 24.4 Å². The first kappa shape index (κ1) is 16.9. The number of pyridine rings is 1. The molecule has 1 aromatic heterocycles. The fourth-order valence-electron chi connectivity index (χ4n) is 3.29. The maximum absolute atomic E-state index is 11.0. The summed E-state index contributed by atoms with van der Waals surface area (Å²) in [4.78, 5) is 17.9. The Labute approximate surface area is 141 Å². The Balaban J connectivity index is 1.49. The van der Waals surface area contributed by atoms with Crippen molar-refractivity contribution in [1.82, 2.24) is 15.4 Å². The lowest BCUT2D eigenvalue weighted by molar-refractivity contribution is -0.124. The molecule has 0 aromatic carbocycles. The van der Waals surface area contributed by atoms with Gasteiger partial charge in [0.15, 0.2) is 0 Å². The van der Waals surface area contributed by atoms with Gasteiger partial charge in [-0.1, -0.05) is 0 Å². The van der Waals surface area contributed by atoms with Gasteiger partial charge in [0.05, 0.1) is 0 Å². The number of hydrogen-bond donors (Lipinski definition) is 3. The number of hydroxylamine groups is 1. The van der Waals surface area contributed by atoms with Crippen molar-refractivity contribution in [2.24, 2.45) is 0 Å². The van der Waals surface area contributed by atoms with Gasteiger partial charge in [-0.05, 0) is 43.0 Å². The van der Waals surface area contributed by atoms with E-state index >= 15 is 0 Å². The number of rotatable bonds is 5. The number of hydrogen-bond acceptors (Lipinski definition) is 6. The van der Waals surface area contributed by atoms with E-state index < -0.39 is 5.91 Å². The molecule has 130 valence electrons. The minimum atomic E-state index is -0.559. The maximum atomic E-state index is 11.0. The van der Waals surface area contributed by atoms with Gasteiger partial charge in [0, 0.05) is 50.7 Å². The number of anilines is 1. The highest BCUT2D eigenvalue weighted by atomic mass is 16.5. The van der Waals surface area contributed by atoms with Crippen molar-refractivity contribution in [3.8, 4) is 0 Å². The van der Waals surface area contributed by atoms with Crippen LogP contribution in [0.3, 0.4) is 0 Å². The van der Waals surface area contributed by atoms with Crippen molar-refractivity contribution < 1.29 is 14.7 Å². The summed E-state index contributed by atoms with van der Waals surface area (Å²) < 4.78 is 5.44. The van der Waals surface area contributed by atoms with Gasteiger partial charge in [0.25, 0.3) is 5.91 Å². The molecule has 1 amide bonds. The molecule has 1 atom stereocenters. The predicted octanol–water partition coefficient (Wildman–Crippen LogP) is 1.27. The molecule has 2 saturated heterocycles. The van der Waals surface area contributed by atoms with E-state index in [9.17, 15) is 4.79 Å². The van der Waals surface area contributed by atoms with E-state index in [1.165, 1.54) is 6.08 Å². The molecule has 0 unspecified atom stereocenters.